The van der Waals surface area contributed by atoms with Gasteiger partial charge < -0.3 is 10.2 Å². The summed E-state index contributed by atoms with van der Waals surface area (Å²) in [6, 6.07) is 12.7. The van der Waals surface area contributed by atoms with Gasteiger partial charge in [0.15, 0.2) is 0 Å². The molecular weight excluding hydrogens is 375 g/mol. The summed E-state index contributed by atoms with van der Waals surface area (Å²) in [5.74, 6) is -1.06. The zero-order valence-corrected chi connectivity index (χ0v) is 14.4. The molecule has 124 valence electrons. The van der Waals surface area contributed by atoms with Crippen molar-refractivity contribution in [1.82, 2.24) is 4.90 Å². The molecule has 3 rings (SSSR count). The Bertz CT molecular complexity index is 767. The molecule has 0 bridgehead atoms. The van der Waals surface area contributed by atoms with Crippen molar-refractivity contribution in [3.05, 3.63) is 64.4 Å². The summed E-state index contributed by atoms with van der Waals surface area (Å²) in [6.45, 7) is 0.522. The smallest absolute Gasteiger partial charge is 0.254 e. The molecule has 1 saturated heterocycles. The van der Waals surface area contributed by atoms with E-state index in [4.69, 9.17) is 0 Å². The van der Waals surface area contributed by atoms with Crippen molar-refractivity contribution in [3.63, 3.8) is 0 Å². The topological polar surface area (TPSA) is 49.4 Å². The summed E-state index contributed by atoms with van der Waals surface area (Å²) >= 11 is 3.18. The van der Waals surface area contributed by atoms with Crippen LogP contribution in [0.5, 0.6) is 0 Å². The minimum Gasteiger partial charge on any atom is -0.327 e. The van der Waals surface area contributed by atoms with Crippen LogP contribution in [-0.4, -0.2) is 29.3 Å². The van der Waals surface area contributed by atoms with Gasteiger partial charge in [0.1, 0.15) is 11.9 Å². The highest BCUT2D eigenvalue weighted by Gasteiger charge is 2.34. The lowest BCUT2D eigenvalue weighted by Crippen LogP contribution is -2.43. The fourth-order valence-corrected chi connectivity index (χ4v) is 3.17. The SMILES string of the molecule is O=C(Nc1ccc(Br)cc1F)[C@@H]1CCCN1C(=O)c1ccccc1. The monoisotopic (exact) mass is 390 g/mol. The standard InChI is InChI=1S/C18H16BrFN2O2/c19-13-8-9-15(14(20)11-13)21-17(23)16-7-4-10-22(16)18(24)12-5-2-1-3-6-12/h1-3,5-6,8-9,11,16H,4,7,10H2,(H,21,23)/t16-/m0/s1. The van der Waals surface area contributed by atoms with E-state index in [1.54, 1.807) is 35.2 Å². The van der Waals surface area contributed by atoms with Gasteiger partial charge in [-0.15, -0.1) is 0 Å². The number of anilines is 1. The molecule has 4 nitrogen and oxygen atoms in total. The van der Waals surface area contributed by atoms with Crippen LogP contribution in [0.4, 0.5) is 10.1 Å². The van der Waals surface area contributed by atoms with Crippen LogP contribution in [0.25, 0.3) is 0 Å². The zero-order valence-electron chi connectivity index (χ0n) is 12.8. The molecule has 0 unspecified atom stereocenters. The largest absolute Gasteiger partial charge is 0.327 e. The summed E-state index contributed by atoms with van der Waals surface area (Å²) in [5, 5.41) is 2.59. The molecule has 1 atom stereocenters. The van der Waals surface area contributed by atoms with Crippen molar-refractivity contribution in [2.24, 2.45) is 0 Å². The molecule has 0 aromatic heterocycles. The predicted octanol–water partition coefficient (Wildman–Crippen LogP) is 3.83. The minimum absolute atomic E-state index is 0.113. The van der Waals surface area contributed by atoms with Gasteiger partial charge in [-0.05, 0) is 43.2 Å². The first-order valence-electron chi connectivity index (χ1n) is 7.68. The average Bonchev–Trinajstić information content (AvgIpc) is 3.07. The summed E-state index contributed by atoms with van der Waals surface area (Å²) in [5.41, 5.74) is 0.661. The first kappa shape index (κ1) is 16.6. The number of rotatable bonds is 3. The van der Waals surface area contributed by atoms with Crippen LogP contribution >= 0.6 is 15.9 Å². The molecule has 6 heteroatoms. The van der Waals surface area contributed by atoms with E-state index in [1.165, 1.54) is 12.1 Å². The number of nitrogens with one attached hydrogen (secondary N) is 1. The molecule has 0 spiro atoms. The highest BCUT2D eigenvalue weighted by molar-refractivity contribution is 9.10. The van der Waals surface area contributed by atoms with Crippen molar-refractivity contribution in [1.29, 1.82) is 0 Å². The van der Waals surface area contributed by atoms with Crippen molar-refractivity contribution >= 4 is 33.4 Å². The molecule has 1 N–H and O–H groups in total. The molecule has 1 fully saturated rings. The van der Waals surface area contributed by atoms with E-state index in [-0.39, 0.29) is 17.5 Å². The maximum absolute atomic E-state index is 13.9. The lowest BCUT2D eigenvalue weighted by atomic mass is 10.1. The molecule has 2 aromatic rings. The number of hydrogen-bond acceptors (Lipinski definition) is 2. The van der Waals surface area contributed by atoms with Crippen molar-refractivity contribution in [3.8, 4) is 0 Å². The molecule has 0 radical (unpaired) electrons. The lowest BCUT2D eigenvalue weighted by molar-refractivity contribution is -0.119. The Morgan fingerprint density at radius 1 is 1.17 bits per heavy atom. The van der Waals surface area contributed by atoms with Gasteiger partial charge in [-0.3, -0.25) is 9.59 Å². The Kier molecular flexibility index (Phi) is 4.94. The quantitative estimate of drug-likeness (QED) is 0.865. The molecule has 2 amide bonds. The summed E-state index contributed by atoms with van der Waals surface area (Å²) in [4.78, 5) is 26.7. The second-order valence-corrected chi connectivity index (χ2v) is 6.55. The Morgan fingerprint density at radius 3 is 2.62 bits per heavy atom. The van der Waals surface area contributed by atoms with Crippen LogP contribution in [0.1, 0.15) is 23.2 Å². The second-order valence-electron chi connectivity index (χ2n) is 5.64. The van der Waals surface area contributed by atoms with E-state index in [2.05, 4.69) is 21.2 Å². The molecule has 1 heterocycles. The Labute approximate surface area is 147 Å². The third kappa shape index (κ3) is 3.48. The fraction of sp³-hybridized carbons (Fsp3) is 0.222. The van der Waals surface area contributed by atoms with Crippen LogP contribution in [0, 0.1) is 5.82 Å². The predicted molar refractivity (Wildman–Crippen MR) is 93.2 cm³/mol. The highest BCUT2D eigenvalue weighted by Crippen LogP contribution is 2.24. The molecule has 24 heavy (non-hydrogen) atoms. The number of carbonyl (C=O) groups excluding carboxylic acids is 2. The zero-order chi connectivity index (χ0) is 17.1. The number of halogens is 2. The summed E-state index contributed by atoms with van der Waals surface area (Å²) < 4.78 is 14.5. The summed E-state index contributed by atoms with van der Waals surface area (Å²) in [6.07, 6.45) is 1.32. The van der Waals surface area contributed by atoms with E-state index in [0.29, 0.717) is 23.0 Å². The van der Waals surface area contributed by atoms with E-state index < -0.39 is 11.9 Å². The minimum atomic E-state index is -0.583. The third-order valence-corrected chi connectivity index (χ3v) is 4.52. The number of nitrogens with zero attached hydrogens (tertiary/aromatic N) is 1. The molecule has 0 aliphatic carbocycles. The van der Waals surface area contributed by atoms with E-state index in [1.807, 2.05) is 6.07 Å². The van der Waals surface area contributed by atoms with Gasteiger partial charge in [0.05, 0.1) is 5.69 Å². The van der Waals surface area contributed by atoms with E-state index in [0.717, 1.165) is 6.42 Å². The first-order valence-corrected chi connectivity index (χ1v) is 8.47. The number of benzene rings is 2. The molecule has 2 aromatic carbocycles. The van der Waals surface area contributed by atoms with Gasteiger partial charge in [0, 0.05) is 16.6 Å². The Hall–Kier alpha value is -2.21. The van der Waals surface area contributed by atoms with Crippen LogP contribution < -0.4 is 5.32 Å². The maximum atomic E-state index is 13.9. The van der Waals surface area contributed by atoms with E-state index in [9.17, 15) is 14.0 Å². The Morgan fingerprint density at radius 2 is 1.92 bits per heavy atom. The third-order valence-electron chi connectivity index (χ3n) is 4.03. The summed E-state index contributed by atoms with van der Waals surface area (Å²) in [7, 11) is 0. The molecule has 1 aliphatic heterocycles. The normalized spacial score (nSPS) is 16.9. The van der Waals surface area contributed by atoms with E-state index >= 15 is 0 Å². The maximum Gasteiger partial charge on any atom is 0.254 e. The van der Waals surface area contributed by atoms with Gasteiger partial charge in [-0.1, -0.05) is 34.1 Å². The van der Waals surface area contributed by atoms with Gasteiger partial charge in [0.2, 0.25) is 5.91 Å². The highest BCUT2D eigenvalue weighted by atomic mass is 79.9. The van der Waals surface area contributed by atoms with Crippen LogP contribution in [-0.2, 0) is 4.79 Å². The number of amides is 2. The first-order chi connectivity index (χ1) is 11.6. The molecule has 1 aliphatic rings. The number of hydrogen-bond donors (Lipinski definition) is 1. The van der Waals surface area contributed by atoms with Crippen molar-refractivity contribution in [2.75, 3.05) is 11.9 Å². The van der Waals surface area contributed by atoms with Gasteiger partial charge in [0.25, 0.3) is 5.91 Å². The second kappa shape index (κ2) is 7.13. The van der Waals surface area contributed by atoms with Gasteiger partial charge in [-0.2, -0.15) is 0 Å². The molecular formula is C18H16BrFN2O2. The van der Waals surface area contributed by atoms with Crippen LogP contribution in [0.3, 0.4) is 0 Å². The van der Waals surface area contributed by atoms with Gasteiger partial charge in [-0.25, -0.2) is 4.39 Å². The van der Waals surface area contributed by atoms with Crippen LogP contribution in [0.15, 0.2) is 53.0 Å². The fourth-order valence-electron chi connectivity index (χ4n) is 2.84. The average molecular weight is 391 g/mol. The van der Waals surface area contributed by atoms with Crippen molar-refractivity contribution in [2.45, 2.75) is 18.9 Å². The molecule has 0 saturated carbocycles. The van der Waals surface area contributed by atoms with Gasteiger partial charge >= 0.3 is 0 Å². The lowest BCUT2D eigenvalue weighted by Gasteiger charge is -2.24. The van der Waals surface area contributed by atoms with Crippen LogP contribution in [0.2, 0.25) is 0 Å². The van der Waals surface area contributed by atoms with Crippen molar-refractivity contribution < 1.29 is 14.0 Å². The number of carbonyl (C=O) groups is 2. The number of likely N-dealkylation sites (tertiary alicyclic amines) is 1. The Balaban J connectivity index is 1.75.